The average Bonchev–Trinajstić information content (AvgIpc) is 2.66. The predicted molar refractivity (Wildman–Crippen MR) is 98.3 cm³/mol. The quantitative estimate of drug-likeness (QED) is 0.830. The third-order valence-corrected chi connectivity index (χ3v) is 4.59. The number of fused-ring (bicyclic) bond motifs is 1. The Kier molecular flexibility index (Phi) is 5.11. The van der Waals surface area contributed by atoms with Crippen molar-refractivity contribution in [1.82, 2.24) is 4.90 Å². The van der Waals surface area contributed by atoms with Crippen molar-refractivity contribution in [2.45, 2.75) is 32.5 Å². The van der Waals surface area contributed by atoms with Crippen molar-refractivity contribution in [2.24, 2.45) is 0 Å². The number of rotatable bonds is 6. The normalized spacial score (nSPS) is 17.2. The van der Waals surface area contributed by atoms with Crippen LogP contribution >= 0.6 is 0 Å². The Bertz CT molecular complexity index is 821. The number of hydrogen-bond donors (Lipinski definition) is 2. The summed E-state index contributed by atoms with van der Waals surface area (Å²) in [6.45, 7) is 3.60. The third-order valence-electron chi connectivity index (χ3n) is 4.59. The first-order valence-electron chi connectivity index (χ1n) is 8.64. The second-order valence-electron chi connectivity index (χ2n) is 6.28. The summed E-state index contributed by atoms with van der Waals surface area (Å²) >= 11 is 0. The number of aliphatic carboxylic acids is 1. The number of carbonyl (C=O) groups is 2. The summed E-state index contributed by atoms with van der Waals surface area (Å²) in [4.78, 5) is 25.8. The Balaban J connectivity index is 2.05. The molecule has 2 aromatic rings. The number of para-hydroxylation sites is 2. The molecule has 2 atom stereocenters. The Hall–Kier alpha value is -3.02. The fourth-order valence-electron chi connectivity index (χ4n) is 3.12. The van der Waals surface area contributed by atoms with E-state index in [1.165, 1.54) is 0 Å². The Morgan fingerprint density at radius 1 is 1.23 bits per heavy atom. The van der Waals surface area contributed by atoms with Crippen LogP contribution in [0, 0.1) is 0 Å². The number of carboxylic acid groups (broad SMARTS) is 1. The predicted octanol–water partition coefficient (Wildman–Crippen LogP) is 3.52. The van der Waals surface area contributed by atoms with E-state index in [1.807, 2.05) is 50.2 Å². The van der Waals surface area contributed by atoms with Gasteiger partial charge in [-0.2, -0.15) is 0 Å². The van der Waals surface area contributed by atoms with Gasteiger partial charge in [-0.1, -0.05) is 37.3 Å². The molecule has 0 spiro atoms. The standard InChI is InChI=1S/C20H22N2O4/c1-3-13(2)22-19(21-16-10-6-4-8-14(16)20(22)25)15-9-5-7-11-17(15)26-12-18(23)24/h4-11,13,19,21H,3,12H2,1-2H3,(H,23,24)/t13-,19+/m1/s1. The number of carboxylic acids is 1. The van der Waals surface area contributed by atoms with Crippen LogP contribution in [0.3, 0.4) is 0 Å². The first-order valence-corrected chi connectivity index (χ1v) is 8.64. The van der Waals surface area contributed by atoms with E-state index >= 15 is 0 Å². The number of nitrogens with one attached hydrogen (secondary N) is 1. The molecule has 0 radical (unpaired) electrons. The van der Waals surface area contributed by atoms with Gasteiger partial charge >= 0.3 is 5.97 Å². The van der Waals surface area contributed by atoms with Gasteiger partial charge in [-0.15, -0.1) is 0 Å². The van der Waals surface area contributed by atoms with Crippen LogP contribution < -0.4 is 10.1 Å². The first-order chi connectivity index (χ1) is 12.5. The van der Waals surface area contributed by atoms with Gasteiger partial charge in [-0.25, -0.2) is 4.79 Å². The molecule has 0 bridgehead atoms. The number of carbonyl (C=O) groups excluding carboxylic acids is 1. The summed E-state index contributed by atoms with van der Waals surface area (Å²) in [6, 6.07) is 14.6. The van der Waals surface area contributed by atoms with Gasteiger partial charge in [-0.3, -0.25) is 4.79 Å². The van der Waals surface area contributed by atoms with Gasteiger partial charge in [0.2, 0.25) is 0 Å². The topological polar surface area (TPSA) is 78.9 Å². The van der Waals surface area contributed by atoms with Crippen LogP contribution in [0.4, 0.5) is 5.69 Å². The van der Waals surface area contributed by atoms with Crippen molar-refractivity contribution >= 4 is 17.6 Å². The molecular formula is C20H22N2O4. The number of amides is 1. The van der Waals surface area contributed by atoms with Crippen molar-refractivity contribution < 1.29 is 19.4 Å². The van der Waals surface area contributed by atoms with E-state index in [0.717, 1.165) is 17.7 Å². The fourth-order valence-corrected chi connectivity index (χ4v) is 3.12. The van der Waals surface area contributed by atoms with E-state index in [4.69, 9.17) is 9.84 Å². The maximum absolute atomic E-state index is 13.1. The molecule has 1 aliphatic rings. The van der Waals surface area contributed by atoms with E-state index < -0.39 is 18.7 Å². The fraction of sp³-hybridized carbons (Fsp3) is 0.300. The zero-order valence-electron chi connectivity index (χ0n) is 14.8. The summed E-state index contributed by atoms with van der Waals surface area (Å²) in [5.74, 6) is -0.642. The Labute approximate surface area is 152 Å². The number of anilines is 1. The maximum atomic E-state index is 13.1. The number of nitrogens with zero attached hydrogens (tertiary/aromatic N) is 1. The molecule has 26 heavy (non-hydrogen) atoms. The van der Waals surface area contributed by atoms with E-state index in [-0.39, 0.29) is 11.9 Å². The molecule has 0 aliphatic carbocycles. The molecule has 1 heterocycles. The van der Waals surface area contributed by atoms with Crippen molar-refractivity contribution in [3.63, 3.8) is 0 Å². The smallest absolute Gasteiger partial charge is 0.341 e. The molecule has 0 aromatic heterocycles. The summed E-state index contributed by atoms with van der Waals surface area (Å²) in [6.07, 6.45) is 0.363. The van der Waals surface area contributed by atoms with Crippen LogP contribution in [0.5, 0.6) is 5.75 Å². The summed E-state index contributed by atoms with van der Waals surface area (Å²) in [7, 11) is 0. The third kappa shape index (κ3) is 3.35. The summed E-state index contributed by atoms with van der Waals surface area (Å²) in [5, 5.41) is 12.3. The molecule has 0 unspecified atom stereocenters. The molecule has 2 aromatic carbocycles. The summed E-state index contributed by atoms with van der Waals surface area (Å²) < 4.78 is 5.46. The number of benzene rings is 2. The van der Waals surface area contributed by atoms with Gasteiger partial charge in [-0.05, 0) is 31.5 Å². The highest BCUT2D eigenvalue weighted by Gasteiger charge is 2.36. The molecule has 1 amide bonds. The van der Waals surface area contributed by atoms with E-state index in [0.29, 0.717) is 11.3 Å². The van der Waals surface area contributed by atoms with Crippen LogP contribution in [0.25, 0.3) is 0 Å². The van der Waals surface area contributed by atoms with Crippen LogP contribution in [-0.4, -0.2) is 34.5 Å². The highest BCUT2D eigenvalue weighted by Crippen LogP contribution is 2.38. The number of hydrogen-bond acceptors (Lipinski definition) is 4. The van der Waals surface area contributed by atoms with Gasteiger partial charge in [0.25, 0.3) is 5.91 Å². The highest BCUT2D eigenvalue weighted by atomic mass is 16.5. The highest BCUT2D eigenvalue weighted by molar-refractivity contribution is 6.02. The second-order valence-corrected chi connectivity index (χ2v) is 6.28. The summed E-state index contributed by atoms with van der Waals surface area (Å²) in [5.41, 5.74) is 2.12. The van der Waals surface area contributed by atoms with Crippen molar-refractivity contribution in [3.05, 3.63) is 59.7 Å². The van der Waals surface area contributed by atoms with Crippen LogP contribution in [-0.2, 0) is 4.79 Å². The van der Waals surface area contributed by atoms with Crippen LogP contribution in [0.1, 0.15) is 42.4 Å². The van der Waals surface area contributed by atoms with Crippen molar-refractivity contribution in [2.75, 3.05) is 11.9 Å². The molecule has 2 N–H and O–H groups in total. The Morgan fingerprint density at radius 2 is 1.92 bits per heavy atom. The largest absolute Gasteiger partial charge is 0.481 e. The van der Waals surface area contributed by atoms with Crippen LogP contribution in [0.2, 0.25) is 0 Å². The molecular weight excluding hydrogens is 332 g/mol. The minimum absolute atomic E-state index is 0.000820. The van der Waals surface area contributed by atoms with Gasteiger partial charge in [0.1, 0.15) is 11.9 Å². The minimum atomic E-state index is -1.04. The van der Waals surface area contributed by atoms with Gasteiger partial charge in [0.15, 0.2) is 6.61 Å². The van der Waals surface area contributed by atoms with E-state index in [9.17, 15) is 9.59 Å². The molecule has 0 fully saturated rings. The molecule has 3 rings (SSSR count). The second kappa shape index (κ2) is 7.47. The number of ether oxygens (including phenoxy) is 1. The monoisotopic (exact) mass is 354 g/mol. The molecule has 6 heteroatoms. The molecule has 0 saturated heterocycles. The first kappa shape index (κ1) is 17.8. The zero-order valence-corrected chi connectivity index (χ0v) is 14.8. The molecule has 6 nitrogen and oxygen atoms in total. The lowest BCUT2D eigenvalue weighted by molar-refractivity contribution is -0.139. The van der Waals surface area contributed by atoms with Crippen LogP contribution in [0.15, 0.2) is 48.5 Å². The Morgan fingerprint density at radius 3 is 2.65 bits per heavy atom. The van der Waals surface area contributed by atoms with Gasteiger partial charge in [0, 0.05) is 17.3 Å². The lowest BCUT2D eigenvalue weighted by Crippen LogP contribution is -2.47. The minimum Gasteiger partial charge on any atom is -0.481 e. The maximum Gasteiger partial charge on any atom is 0.341 e. The average molecular weight is 354 g/mol. The van der Waals surface area contributed by atoms with Crippen molar-refractivity contribution in [1.29, 1.82) is 0 Å². The zero-order chi connectivity index (χ0) is 18.7. The van der Waals surface area contributed by atoms with Gasteiger partial charge < -0.3 is 20.1 Å². The SMILES string of the molecule is CC[C@@H](C)N1C(=O)c2ccccc2N[C@@H]1c1ccccc1OCC(=O)O. The van der Waals surface area contributed by atoms with Gasteiger partial charge in [0.05, 0.1) is 5.56 Å². The van der Waals surface area contributed by atoms with Crippen molar-refractivity contribution in [3.8, 4) is 5.75 Å². The molecule has 136 valence electrons. The molecule has 1 aliphatic heterocycles. The lowest BCUT2D eigenvalue weighted by Gasteiger charge is -2.41. The molecule has 0 saturated carbocycles. The van der Waals surface area contributed by atoms with E-state index in [1.54, 1.807) is 17.0 Å². The van der Waals surface area contributed by atoms with E-state index in [2.05, 4.69) is 5.32 Å². The lowest BCUT2D eigenvalue weighted by atomic mass is 10.0.